The van der Waals surface area contributed by atoms with E-state index in [9.17, 15) is 13.6 Å². The van der Waals surface area contributed by atoms with E-state index in [1.165, 1.54) is 0 Å². The fraction of sp³-hybridized carbons (Fsp3) is 0.100. The largest absolute Gasteiger partial charge is 0.319 e. The Balaban J connectivity index is 2.18. The number of nitrogens with zero attached hydrogens (tertiary/aromatic N) is 2. The summed E-state index contributed by atoms with van der Waals surface area (Å²) in [5, 5.41) is 8.40. The van der Waals surface area contributed by atoms with Crippen LogP contribution in [0.3, 0.4) is 0 Å². The van der Waals surface area contributed by atoms with Crippen molar-refractivity contribution in [2.75, 3.05) is 5.32 Å². The van der Waals surface area contributed by atoms with Crippen LogP contribution in [0.1, 0.15) is 16.4 Å². The summed E-state index contributed by atoms with van der Waals surface area (Å²) in [5.41, 5.74) is 0.00922. The molecule has 1 amide bonds. The Kier molecular flexibility index (Phi) is 2.82. The molecular formula is C10H8F2N4O. The predicted octanol–water partition coefficient (Wildman–Crippen LogP) is 1.64. The molecule has 0 bridgehead atoms. The maximum atomic E-state index is 12.9. The molecule has 0 spiro atoms. The van der Waals surface area contributed by atoms with Crippen LogP contribution in [-0.2, 0) is 0 Å². The third-order valence-corrected chi connectivity index (χ3v) is 1.92. The van der Waals surface area contributed by atoms with Gasteiger partial charge in [-0.05, 0) is 19.1 Å². The lowest BCUT2D eigenvalue weighted by Gasteiger charge is -2.02. The molecule has 0 saturated heterocycles. The highest BCUT2D eigenvalue weighted by Crippen LogP contribution is 2.13. The Bertz CT molecular complexity index is 547. The van der Waals surface area contributed by atoms with Crippen LogP contribution < -0.4 is 5.32 Å². The van der Waals surface area contributed by atoms with Gasteiger partial charge in [0.2, 0.25) is 5.82 Å². The minimum atomic E-state index is -0.772. The third kappa shape index (κ3) is 2.63. The number of halogens is 2. The van der Waals surface area contributed by atoms with E-state index >= 15 is 0 Å². The van der Waals surface area contributed by atoms with Gasteiger partial charge in [0.05, 0.1) is 0 Å². The lowest BCUT2D eigenvalue weighted by atomic mass is 10.3. The molecule has 0 fully saturated rings. The fourth-order valence-corrected chi connectivity index (χ4v) is 1.26. The molecule has 0 saturated carbocycles. The van der Waals surface area contributed by atoms with E-state index in [-0.39, 0.29) is 11.5 Å². The van der Waals surface area contributed by atoms with E-state index in [1.54, 1.807) is 6.92 Å². The Morgan fingerprint density at radius 3 is 2.47 bits per heavy atom. The van der Waals surface area contributed by atoms with Gasteiger partial charge in [0.15, 0.2) is 0 Å². The second-order valence-corrected chi connectivity index (χ2v) is 3.36. The van der Waals surface area contributed by atoms with Gasteiger partial charge in [0.25, 0.3) is 5.91 Å². The van der Waals surface area contributed by atoms with E-state index in [0.29, 0.717) is 11.9 Å². The minimum Gasteiger partial charge on any atom is -0.319 e. The molecule has 0 atom stereocenters. The first-order chi connectivity index (χ1) is 8.04. The van der Waals surface area contributed by atoms with Gasteiger partial charge >= 0.3 is 0 Å². The molecule has 7 heteroatoms. The summed E-state index contributed by atoms with van der Waals surface area (Å²) in [6.45, 7) is 1.63. The van der Waals surface area contributed by atoms with Crippen LogP contribution in [0.2, 0.25) is 0 Å². The number of nitrogens with one attached hydrogen (secondary N) is 2. The zero-order valence-electron chi connectivity index (χ0n) is 8.79. The van der Waals surface area contributed by atoms with Crippen LogP contribution in [0.4, 0.5) is 14.5 Å². The summed E-state index contributed by atoms with van der Waals surface area (Å²) >= 11 is 0. The summed E-state index contributed by atoms with van der Waals surface area (Å²) in [4.78, 5) is 15.3. The molecule has 0 radical (unpaired) electrons. The van der Waals surface area contributed by atoms with Crippen molar-refractivity contribution in [1.82, 2.24) is 15.2 Å². The topological polar surface area (TPSA) is 70.7 Å². The molecule has 1 heterocycles. The number of hydrogen-bond donors (Lipinski definition) is 2. The summed E-state index contributed by atoms with van der Waals surface area (Å²) in [5.74, 6) is -1.80. The summed E-state index contributed by atoms with van der Waals surface area (Å²) in [6, 6.07) is 2.72. The maximum Gasteiger partial charge on any atom is 0.295 e. The monoisotopic (exact) mass is 238 g/mol. The number of hydrogen-bond acceptors (Lipinski definition) is 3. The molecular weight excluding hydrogens is 230 g/mol. The molecule has 5 nitrogen and oxygen atoms in total. The molecule has 2 N–H and O–H groups in total. The highest BCUT2D eigenvalue weighted by atomic mass is 19.1. The minimum absolute atomic E-state index is 0.00922. The molecule has 1 aromatic heterocycles. The Morgan fingerprint density at radius 2 is 1.94 bits per heavy atom. The number of carbonyl (C=O) groups is 1. The number of aromatic amines is 1. The molecule has 88 valence electrons. The van der Waals surface area contributed by atoms with Crippen molar-refractivity contribution in [1.29, 1.82) is 0 Å². The number of anilines is 1. The van der Waals surface area contributed by atoms with Crippen molar-refractivity contribution >= 4 is 11.6 Å². The number of aryl methyl sites for hydroxylation is 1. The number of carbonyl (C=O) groups excluding carboxylic acids is 1. The van der Waals surface area contributed by atoms with Gasteiger partial charge in [-0.25, -0.2) is 13.8 Å². The standard InChI is InChI=1S/C10H8F2N4O/c1-5-13-9(16-15-5)10(17)14-8-3-6(11)2-7(12)4-8/h2-4H,1H3,(H,14,17)(H,13,15,16). The molecule has 0 aliphatic carbocycles. The SMILES string of the molecule is Cc1nc(C(=O)Nc2cc(F)cc(F)c2)n[nH]1. The average Bonchev–Trinajstić information content (AvgIpc) is 2.63. The van der Waals surface area contributed by atoms with Crippen molar-refractivity contribution in [3.8, 4) is 0 Å². The van der Waals surface area contributed by atoms with Gasteiger partial charge in [-0.1, -0.05) is 0 Å². The molecule has 2 aromatic rings. The van der Waals surface area contributed by atoms with E-state index in [4.69, 9.17) is 0 Å². The number of aromatic nitrogens is 3. The van der Waals surface area contributed by atoms with Crippen LogP contribution >= 0.6 is 0 Å². The smallest absolute Gasteiger partial charge is 0.295 e. The number of rotatable bonds is 2. The van der Waals surface area contributed by atoms with E-state index in [1.807, 2.05) is 0 Å². The first-order valence-electron chi connectivity index (χ1n) is 4.71. The van der Waals surface area contributed by atoms with Crippen LogP contribution in [0, 0.1) is 18.6 Å². The van der Waals surface area contributed by atoms with Crippen LogP contribution in [0.25, 0.3) is 0 Å². The van der Waals surface area contributed by atoms with E-state index < -0.39 is 17.5 Å². The Labute approximate surface area is 94.9 Å². The van der Waals surface area contributed by atoms with Crippen molar-refractivity contribution in [2.45, 2.75) is 6.92 Å². The number of H-pyrrole nitrogens is 1. The number of amides is 1. The van der Waals surface area contributed by atoms with Crippen LogP contribution in [-0.4, -0.2) is 21.1 Å². The quantitative estimate of drug-likeness (QED) is 0.835. The van der Waals surface area contributed by atoms with Crippen molar-refractivity contribution in [3.05, 3.63) is 41.5 Å². The van der Waals surface area contributed by atoms with Gasteiger partial charge in [0, 0.05) is 11.8 Å². The van der Waals surface area contributed by atoms with Gasteiger partial charge in [-0.2, -0.15) is 0 Å². The van der Waals surface area contributed by atoms with E-state index in [0.717, 1.165) is 12.1 Å². The fourth-order valence-electron chi connectivity index (χ4n) is 1.26. The Morgan fingerprint density at radius 1 is 1.29 bits per heavy atom. The second kappa shape index (κ2) is 4.28. The van der Waals surface area contributed by atoms with Crippen molar-refractivity contribution in [2.24, 2.45) is 0 Å². The molecule has 0 aliphatic heterocycles. The first kappa shape index (κ1) is 11.2. The molecule has 0 unspecified atom stereocenters. The van der Waals surface area contributed by atoms with Gasteiger partial charge in [-0.3, -0.25) is 9.89 Å². The van der Waals surface area contributed by atoms with Gasteiger partial charge < -0.3 is 5.32 Å². The van der Waals surface area contributed by atoms with E-state index in [2.05, 4.69) is 20.5 Å². The lowest BCUT2D eigenvalue weighted by molar-refractivity contribution is 0.101. The third-order valence-electron chi connectivity index (χ3n) is 1.92. The molecule has 0 aliphatic rings. The highest BCUT2D eigenvalue weighted by molar-refractivity contribution is 6.01. The van der Waals surface area contributed by atoms with Gasteiger partial charge in [0.1, 0.15) is 17.5 Å². The summed E-state index contributed by atoms with van der Waals surface area (Å²) in [7, 11) is 0. The molecule has 17 heavy (non-hydrogen) atoms. The normalized spacial score (nSPS) is 10.3. The highest BCUT2D eigenvalue weighted by Gasteiger charge is 2.12. The molecule has 2 rings (SSSR count). The van der Waals surface area contributed by atoms with Crippen LogP contribution in [0.15, 0.2) is 18.2 Å². The molecule has 1 aromatic carbocycles. The zero-order valence-corrected chi connectivity index (χ0v) is 8.79. The lowest BCUT2D eigenvalue weighted by Crippen LogP contribution is -2.14. The van der Waals surface area contributed by atoms with Crippen molar-refractivity contribution < 1.29 is 13.6 Å². The van der Waals surface area contributed by atoms with Gasteiger partial charge in [-0.15, -0.1) is 5.10 Å². The van der Waals surface area contributed by atoms with Crippen molar-refractivity contribution in [3.63, 3.8) is 0 Å². The van der Waals surface area contributed by atoms with Crippen LogP contribution in [0.5, 0.6) is 0 Å². The number of benzene rings is 1. The first-order valence-corrected chi connectivity index (χ1v) is 4.71. The second-order valence-electron chi connectivity index (χ2n) is 3.36. The average molecular weight is 238 g/mol. The predicted molar refractivity (Wildman–Crippen MR) is 55.4 cm³/mol. The summed E-state index contributed by atoms with van der Waals surface area (Å²) in [6.07, 6.45) is 0. The zero-order chi connectivity index (χ0) is 12.4. The summed E-state index contributed by atoms with van der Waals surface area (Å²) < 4.78 is 25.7. The Hall–Kier alpha value is -2.31. The maximum absolute atomic E-state index is 12.9.